The van der Waals surface area contributed by atoms with Gasteiger partial charge in [0.1, 0.15) is 0 Å². The number of ether oxygens (including phenoxy) is 1. The van der Waals surface area contributed by atoms with Crippen molar-refractivity contribution in [1.82, 2.24) is 14.9 Å². The first kappa shape index (κ1) is 18.3. The van der Waals surface area contributed by atoms with Crippen molar-refractivity contribution in [2.75, 3.05) is 39.0 Å². The van der Waals surface area contributed by atoms with E-state index in [-0.39, 0.29) is 37.0 Å². The van der Waals surface area contributed by atoms with Crippen molar-refractivity contribution < 1.29 is 17.9 Å². The molecule has 0 aliphatic carbocycles. The summed E-state index contributed by atoms with van der Waals surface area (Å²) in [6.07, 6.45) is 1.92. The Labute approximate surface area is 127 Å². The van der Waals surface area contributed by atoms with Gasteiger partial charge >= 0.3 is 0 Å². The fourth-order valence-electron chi connectivity index (χ4n) is 2.35. The van der Waals surface area contributed by atoms with Gasteiger partial charge in [-0.15, -0.1) is 0 Å². The zero-order valence-electron chi connectivity index (χ0n) is 13.1. The summed E-state index contributed by atoms with van der Waals surface area (Å²) in [6.45, 7) is 5.08. The normalized spacial score (nSPS) is 19.4. The van der Waals surface area contributed by atoms with Gasteiger partial charge in [0, 0.05) is 19.1 Å². The number of nitrogens with zero attached hydrogens (tertiary/aromatic N) is 1. The van der Waals surface area contributed by atoms with Crippen LogP contribution in [0.3, 0.4) is 0 Å². The van der Waals surface area contributed by atoms with E-state index in [2.05, 4.69) is 10.0 Å². The van der Waals surface area contributed by atoms with Crippen LogP contribution < -0.4 is 10.0 Å². The van der Waals surface area contributed by atoms with Crippen LogP contribution in [-0.2, 0) is 19.6 Å². The van der Waals surface area contributed by atoms with E-state index in [1.807, 2.05) is 20.9 Å². The maximum atomic E-state index is 12.1. The molecule has 1 atom stereocenters. The van der Waals surface area contributed by atoms with Gasteiger partial charge in [0.25, 0.3) is 0 Å². The minimum atomic E-state index is -3.47. The van der Waals surface area contributed by atoms with Gasteiger partial charge in [0.15, 0.2) is 0 Å². The molecule has 1 aliphatic rings. The van der Waals surface area contributed by atoms with E-state index in [1.54, 1.807) is 4.90 Å². The lowest BCUT2D eigenvalue weighted by molar-refractivity contribution is -0.130. The molecule has 1 fully saturated rings. The van der Waals surface area contributed by atoms with E-state index in [0.717, 1.165) is 19.4 Å². The van der Waals surface area contributed by atoms with Crippen molar-refractivity contribution in [3.63, 3.8) is 0 Å². The second-order valence-corrected chi connectivity index (χ2v) is 7.43. The third-order valence-corrected chi connectivity index (χ3v) is 4.67. The number of rotatable bonds is 9. The van der Waals surface area contributed by atoms with Crippen molar-refractivity contribution >= 4 is 15.9 Å². The Morgan fingerprint density at radius 1 is 1.43 bits per heavy atom. The van der Waals surface area contributed by atoms with Crippen LogP contribution in [0.25, 0.3) is 0 Å². The molecule has 1 unspecified atom stereocenters. The Bertz CT molecular complexity index is 425. The first-order valence-corrected chi connectivity index (χ1v) is 9.04. The Kier molecular flexibility index (Phi) is 7.58. The number of likely N-dealkylation sites (tertiary alicyclic amines) is 1. The summed E-state index contributed by atoms with van der Waals surface area (Å²) in [7, 11) is -1.62. The summed E-state index contributed by atoms with van der Waals surface area (Å²) in [5, 5.41) is 3.06. The number of amides is 1. The van der Waals surface area contributed by atoms with E-state index in [4.69, 9.17) is 4.74 Å². The quantitative estimate of drug-likeness (QED) is 0.600. The summed E-state index contributed by atoms with van der Waals surface area (Å²) in [6, 6.07) is 0.163. The summed E-state index contributed by atoms with van der Waals surface area (Å²) in [5.41, 5.74) is 0. The maximum absolute atomic E-state index is 12.1. The number of hydrogen-bond donors (Lipinski definition) is 2. The van der Waals surface area contributed by atoms with Crippen molar-refractivity contribution in [2.45, 2.75) is 38.8 Å². The first-order chi connectivity index (χ1) is 9.85. The van der Waals surface area contributed by atoms with E-state index in [0.29, 0.717) is 6.54 Å². The zero-order valence-corrected chi connectivity index (χ0v) is 13.9. The molecule has 124 valence electrons. The van der Waals surface area contributed by atoms with Gasteiger partial charge in [-0.1, -0.05) is 0 Å². The average Bonchev–Trinajstić information content (AvgIpc) is 2.84. The molecule has 2 N–H and O–H groups in total. The molecule has 1 heterocycles. The molecule has 0 saturated carbocycles. The highest BCUT2D eigenvalue weighted by Crippen LogP contribution is 2.16. The summed E-state index contributed by atoms with van der Waals surface area (Å²) in [4.78, 5) is 13.9. The largest absolute Gasteiger partial charge is 0.378 e. The predicted molar refractivity (Wildman–Crippen MR) is 81.5 cm³/mol. The average molecular weight is 321 g/mol. The molecule has 1 saturated heterocycles. The number of carbonyl (C=O) groups excluding carboxylic acids is 1. The lowest BCUT2D eigenvalue weighted by atomic mass is 10.2. The Hall–Kier alpha value is -0.700. The fraction of sp³-hybridized carbons (Fsp3) is 0.923. The van der Waals surface area contributed by atoms with Gasteiger partial charge < -0.3 is 15.0 Å². The monoisotopic (exact) mass is 321 g/mol. The van der Waals surface area contributed by atoms with Gasteiger partial charge in [-0.2, -0.15) is 0 Å². The van der Waals surface area contributed by atoms with E-state index >= 15 is 0 Å². The van der Waals surface area contributed by atoms with Gasteiger partial charge in [-0.05, 0) is 33.7 Å². The fourth-order valence-corrected chi connectivity index (χ4v) is 3.15. The first-order valence-electron chi connectivity index (χ1n) is 7.38. The van der Waals surface area contributed by atoms with Gasteiger partial charge in [0.05, 0.1) is 25.0 Å². The van der Waals surface area contributed by atoms with E-state index < -0.39 is 10.0 Å². The molecule has 21 heavy (non-hydrogen) atoms. The van der Waals surface area contributed by atoms with Crippen LogP contribution in [0.2, 0.25) is 0 Å². The van der Waals surface area contributed by atoms with Crippen molar-refractivity contribution in [2.24, 2.45) is 0 Å². The van der Waals surface area contributed by atoms with Crippen LogP contribution in [0.1, 0.15) is 26.7 Å². The zero-order chi connectivity index (χ0) is 15.9. The molecule has 0 radical (unpaired) electrons. The van der Waals surface area contributed by atoms with Crippen LogP contribution in [0.5, 0.6) is 0 Å². The molecule has 8 heteroatoms. The highest BCUT2D eigenvalue weighted by atomic mass is 32.2. The van der Waals surface area contributed by atoms with Crippen molar-refractivity contribution in [3.8, 4) is 0 Å². The SMILES string of the molecule is CNCC1CCCN1C(=O)CNS(=O)(=O)CCOC(C)C. The Morgan fingerprint density at radius 3 is 2.76 bits per heavy atom. The number of nitrogens with one attached hydrogen (secondary N) is 2. The van der Waals surface area contributed by atoms with Gasteiger partial charge in [0.2, 0.25) is 15.9 Å². The second-order valence-electron chi connectivity index (χ2n) is 5.50. The van der Waals surface area contributed by atoms with Crippen molar-refractivity contribution in [1.29, 1.82) is 0 Å². The molecular formula is C13H27N3O4S. The number of sulfonamides is 1. The number of carbonyl (C=O) groups is 1. The molecular weight excluding hydrogens is 294 g/mol. The third kappa shape index (κ3) is 6.73. The smallest absolute Gasteiger partial charge is 0.237 e. The molecule has 1 rings (SSSR count). The van der Waals surface area contributed by atoms with Crippen LogP contribution >= 0.6 is 0 Å². The minimum absolute atomic E-state index is 0.00580. The number of hydrogen-bond acceptors (Lipinski definition) is 5. The topological polar surface area (TPSA) is 87.7 Å². The van der Waals surface area contributed by atoms with E-state index in [1.165, 1.54) is 0 Å². The molecule has 1 amide bonds. The van der Waals surface area contributed by atoms with Crippen LogP contribution in [0.4, 0.5) is 0 Å². The lowest BCUT2D eigenvalue weighted by Gasteiger charge is -2.24. The molecule has 0 bridgehead atoms. The lowest BCUT2D eigenvalue weighted by Crippen LogP contribution is -2.46. The summed E-state index contributed by atoms with van der Waals surface area (Å²) < 4.78 is 31.1. The van der Waals surface area contributed by atoms with Crippen LogP contribution in [-0.4, -0.2) is 70.4 Å². The standard InChI is InChI=1S/C13H27N3O4S/c1-11(2)20-7-8-21(18,19)15-10-13(17)16-6-4-5-12(16)9-14-3/h11-12,14-15H,4-10H2,1-3H3. The molecule has 0 spiro atoms. The van der Waals surface area contributed by atoms with Gasteiger partial charge in [-0.25, -0.2) is 13.1 Å². The van der Waals surface area contributed by atoms with Gasteiger partial charge in [-0.3, -0.25) is 4.79 Å². The minimum Gasteiger partial charge on any atom is -0.378 e. The Morgan fingerprint density at radius 2 is 2.14 bits per heavy atom. The third-order valence-electron chi connectivity index (χ3n) is 3.38. The molecule has 0 aromatic heterocycles. The molecule has 0 aromatic carbocycles. The predicted octanol–water partition coefficient (Wildman–Crippen LogP) is -0.459. The van der Waals surface area contributed by atoms with Crippen molar-refractivity contribution in [3.05, 3.63) is 0 Å². The summed E-state index contributed by atoms with van der Waals surface area (Å²) in [5.74, 6) is -0.292. The van der Waals surface area contributed by atoms with Crippen LogP contribution in [0.15, 0.2) is 0 Å². The molecule has 7 nitrogen and oxygen atoms in total. The second kappa shape index (κ2) is 8.67. The molecule has 0 aromatic rings. The summed E-state index contributed by atoms with van der Waals surface area (Å²) >= 11 is 0. The highest BCUT2D eigenvalue weighted by molar-refractivity contribution is 7.89. The van der Waals surface area contributed by atoms with Crippen LogP contribution in [0, 0.1) is 0 Å². The maximum Gasteiger partial charge on any atom is 0.237 e. The molecule has 1 aliphatic heterocycles. The van der Waals surface area contributed by atoms with E-state index in [9.17, 15) is 13.2 Å². The highest BCUT2D eigenvalue weighted by Gasteiger charge is 2.28. The number of likely N-dealkylation sites (N-methyl/N-ethyl adjacent to an activating group) is 1. The Balaban J connectivity index is 2.37.